The lowest BCUT2D eigenvalue weighted by Gasteiger charge is -2.10. The molecular formula is C22H17F4N5O2S. The Balaban J connectivity index is 1.54. The van der Waals surface area contributed by atoms with E-state index in [0.717, 1.165) is 17.4 Å². The van der Waals surface area contributed by atoms with E-state index < -0.39 is 30.0 Å². The summed E-state index contributed by atoms with van der Waals surface area (Å²) in [5.41, 5.74) is 0.676. The fourth-order valence-corrected chi connectivity index (χ4v) is 4.30. The lowest BCUT2D eigenvalue weighted by molar-refractivity contribution is -0.137. The number of hydrogen-bond donors (Lipinski definition) is 3. The van der Waals surface area contributed by atoms with Crippen LogP contribution >= 0.6 is 11.3 Å². The van der Waals surface area contributed by atoms with Gasteiger partial charge in [-0.05, 0) is 37.3 Å². The van der Waals surface area contributed by atoms with Crippen LogP contribution in [0, 0.1) is 12.7 Å². The van der Waals surface area contributed by atoms with Gasteiger partial charge >= 0.3 is 6.18 Å². The normalized spacial score (nSPS) is 11.6. The van der Waals surface area contributed by atoms with Crippen LogP contribution in [0.2, 0.25) is 0 Å². The van der Waals surface area contributed by atoms with Gasteiger partial charge in [-0.3, -0.25) is 14.7 Å². The summed E-state index contributed by atoms with van der Waals surface area (Å²) in [6, 6.07) is 7.24. The summed E-state index contributed by atoms with van der Waals surface area (Å²) in [4.78, 5) is 29.2. The molecule has 4 rings (SSSR count). The van der Waals surface area contributed by atoms with Gasteiger partial charge in [0.05, 0.1) is 16.8 Å². The van der Waals surface area contributed by atoms with Gasteiger partial charge in [0, 0.05) is 30.1 Å². The molecular weight excluding hydrogens is 474 g/mol. The van der Waals surface area contributed by atoms with Crippen molar-refractivity contribution in [2.45, 2.75) is 19.6 Å². The second-order valence-corrected chi connectivity index (χ2v) is 8.33. The SMILES string of the molecule is CNC(=O)c1n[nH]c2cc(-c3nc(C)c(C(=O)NCc4cc(C(F)(F)F)ccc4F)s3)ccc12. The standard InChI is InChI=1S/C22H17F4N5O2S/c1-10-18(20(33)28-9-12-7-13(22(24,25)26)4-6-15(12)23)34-21(29-10)11-3-5-14-16(8-11)30-31-17(14)19(32)27-2/h3-8H,9H2,1-2H3,(H,27,32)(H,28,33)(H,30,31). The largest absolute Gasteiger partial charge is 0.416 e. The molecule has 176 valence electrons. The maximum atomic E-state index is 14.0. The molecule has 0 saturated heterocycles. The number of amides is 2. The molecule has 0 atom stereocenters. The van der Waals surface area contributed by atoms with Crippen LogP contribution in [0.4, 0.5) is 17.6 Å². The number of nitrogens with one attached hydrogen (secondary N) is 3. The zero-order chi connectivity index (χ0) is 24.6. The van der Waals surface area contributed by atoms with Gasteiger partial charge in [-0.15, -0.1) is 11.3 Å². The predicted molar refractivity (Wildman–Crippen MR) is 118 cm³/mol. The Morgan fingerprint density at radius 3 is 2.59 bits per heavy atom. The summed E-state index contributed by atoms with van der Waals surface area (Å²) in [6.45, 7) is 1.21. The highest BCUT2D eigenvalue weighted by Crippen LogP contribution is 2.32. The zero-order valence-corrected chi connectivity index (χ0v) is 18.6. The molecule has 0 unspecified atom stereocenters. The number of aryl methyl sites for hydroxylation is 1. The molecule has 2 aromatic heterocycles. The van der Waals surface area contributed by atoms with Crippen LogP contribution in [0.3, 0.4) is 0 Å². The van der Waals surface area contributed by atoms with Crippen LogP contribution in [0.5, 0.6) is 0 Å². The van der Waals surface area contributed by atoms with E-state index in [9.17, 15) is 27.2 Å². The number of hydrogen-bond acceptors (Lipinski definition) is 5. The third kappa shape index (κ3) is 4.49. The van der Waals surface area contributed by atoms with Crippen molar-refractivity contribution >= 4 is 34.1 Å². The van der Waals surface area contributed by atoms with Crippen molar-refractivity contribution in [1.82, 2.24) is 25.8 Å². The summed E-state index contributed by atoms with van der Waals surface area (Å²) in [6.07, 6.45) is -4.62. The number of alkyl halides is 3. The highest BCUT2D eigenvalue weighted by atomic mass is 32.1. The van der Waals surface area contributed by atoms with Crippen molar-refractivity contribution in [2.24, 2.45) is 0 Å². The molecule has 7 nitrogen and oxygen atoms in total. The summed E-state index contributed by atoms with van der Waals surface area (Å²) in [7, 11) is 1.50. The van der Waals surface area contributed by atoms with Crippen LogP contribution in [-0.4, -0.2) is 34.0 Å². The Morgan fingerprint density at radius 1 is 1.12 bits per heavy atom. The quantitative estimate of drug-likeness (QED) is 0.360. The zero-order valence-electron chi connectivity index (χ0n) is 17.8. The fourth-order valence-electron chi connectivity index (χ4n) is 3.32. The fraction of sp³-hybridized carbons (Fsp3) is 0.182. The van der Waals surface area contributed by atoms with Gasteiger partial charge in [0.1, 0.15) is 15.7 Å². The second kappa shape index (κ2) is 8.86. The monoisotopic (exact) mass is 491 g/mol. The van der Waals surface area contributed by atoms with Gasteiger partial charge in [0.25, 0.3) is 11.8 Å². The van der Waals surface area contributed by atoms with Crippen LogP contribution in [0.1, 0.15) is 37.0 Å². The van der Waals surface area contributed by atoms with E-state index in [-0.39, 0.29) is 22.0 Å². The molecule has 0 radical (unpaired) electrons. The third-order valence-electron chi connectivity index (χ3n) is 5.07. The lowest BCUT2D eigenvalue weighted by Crippen LogP contribution is -2.23. The summed E-state index contributed by atoms with van der Waals surface area (Å²) in [5, 5.41) is 12.9. The topological polar surface area (TPSA) is 99.8 Å². The number of fused-ring (bicyclic) bond motifs is 1. The van der Waals surface area contributed by atoms with Gasteiger partial charge in [-0.2, -0.15) is 18.3 Å². The van der Waals surface area contributed by atoms with E-state index >= 15 is 0 Å². The van der Waals surface area contributed by atoms with Crippen molar-refractivity contribution in [1.29, 1.82) is 0 Å². The molecule has 0 aliphatic carbocycles. The van der Waals surface area contributed by atoms with Crippen molar-refractivity contribution < 1.29 is 27.2 Å². The minimum atomic E-state index is -4.62. The molecule has 2 amide bonds. The summed E-state index contributed by atoms with van der Waals surface area (Å²) in [5.74, 6) is -1.76. The van der Waals surface area contributed by atoms with Gasteiger partial charge in [0.2, 0.25) is 0 Å². The first-order chi connectivity index (χ1) is 16.1. The molecule has 0 bridgehead atoms. The molecule has 0 aliphatic heterocycles. The number of halogens is 4. The third-order valence-corrected chi connectivity index (χ3v) is 6.27. The highest BCUT2D eigenvalue weighted by Gasteiger charge is 2.31. The van der Waals surface area contributed by atoms with E-state index in [0.29, 0.717) is 39.3 Å². The Labute approximate surface area is 194 Å². The Morgan fingerprint density at radius 2 is 1.88 bits per heavy atom. The number of carbonyl (C=O) groups is 2. The van der Waals surface area contributed by atoms with Gasteiger partial charge in [0.15, 0.2) is 5.69 Å². The molecule has 34 heavy (non-hydrogen) atoms. The number of rotatable bonds is 5. The first-order valence-electron chi connectivity index (χ1n) is 9.90. The lowest BCUT2D eigenvalue weighted by atomic mass is 10.1. The van der Waals surface area contributed by atoms with Crippen LogP contribution in [0.15, 0.2) is 36.4 Å². The number of thiazole rings is 1. The molecule has 2 aromatic carbocycles. The Kier molecular flexibility index (Phi) is 6.09. The van der Waals surface area contributed by atoms with Crippen molar-refractivity contribution in [3.8, 4) is 10.6 Å². The predicted octanol–water partition coefficient (Wildman–Crippen LogP) is 4.44. The second-order valence-electron chi connectivity index (χ2n) is 7.33. The van der Waals surface area contributed by atoms with Crippen LogP contribution < -0.4 is 10.6 Å². The van der Waals surface area contributed by atoms with E-state index in [2.05, 4.69) is 25.8 Å². The number of benzene rings is 2. The Bertz CT molecular complexity index is 1410. The number of carbonyl (C=O) groups excluding carboxylic acids is 2. The minimum absolute atomic E-state index is 0.248. The maximum absolute atomic E-state index is 14.0. The smallest absolute Gasteiger partial charge is 0.354 e. The average molecular weight is 491 g/mol. The van der Waals surface area contributed by atoms with Crippen molar-refractivity contribution in [3.05, 3.63) is 69.6 Å². The van der Waals surface area contributed by atoms with Crippen LogP contribution in [0.25, 0.3) is 21.5 Å². The molecule has 3 N–H and O–H groups in total. The van der Waals surface area contributed by atoms with E-state index in [4.69, 9.17) is 0 Å². The van der Waals surface area contributed by atoms with Crippen molar-refractivity contribution in [3.63, 3.8) is 0 Å². The number of aromatic amines is 1. The molecule has 2 heterocycles. The minimum Gasteiger partial charge on any atom is -0.354 e. The molecule has 0 spiro atoms. The maximum Gasteiger partial charge on any atom is 0.416 e. The van der Waals surface area contributed by atoms with Gasteiger partial charge in [-0.25, -0.2) is 9.37 Å². The molecule has 4 aromatic rings. The van der Waals surface area contributed by atoms with E-state index in [1.165, 1.54) is 7.05 Å². The van der Waals surface area contributed by atoms with Gasteiger partial charge in [-0.1, -0.05) is 6.07 Å². The first-order valence-corrected chi connectivity index (χ1v) is 10.7. The summed E-state index contributed by atoms with van der Waals surface area (Å²) >= 11 is 1.08. The highest BCUT2D eigenvalue weighted by molar-refractivity contribution is 7.17. The number of H-pyrrole nitrogens is 1. The van der Waals surface area contributed by atoms with E-state index in [1.807, 2.05) is 0 Å². The van der Waals surface area contributed by atoms with E-state index in [1.54, 1.807) is 25.1 Å². The summed E-state index contributed by atoms with van der Waals surface area (Å²) < 4.78 is 52.6. The molecule has 0 saturated carbocycles. The number of aromatic nitrogens is 3. The molecule has 12 heteroatoms. The average Bonchev–Trinajstić information content (AvgIpc) is 3.40. The Hall–Kier alpha value is -3.80. The van der Waals surface area contributed by atoms with Crippen molar-refractivity contribution in [2.75, 3.05) is 7.05 Å². The van der Waals surface area contributed by atoms with Crippen LogP contribution in [-0.2, 0) is 12.7 Å². The number of nitrogens with zero attached hydrogens (tertiary/aromatic N) is 2. The van der Waals surface area contributed by atoms with Gasteiger partial charge < -0.3 is 10.6 Å². The molecule has 0 aliphatic rings. The first kappa shape index (κ1) is 23.4. The molecule has 0 fully saturated rings.